The zero-order valence-electron chi connectivity index (χ0n) is 20.1. The summed E-state index contributed by atoms with van der Waals surface area (Å²) in [6.07, 6.45) is 3.23. The number of nitrogen functional groups attached to an aromatic ring is 1. The van der Waals surface area contributed by atoms with Gasteiger partial charge in [-0.05, 0) is 44.0 Å². The van der Waals surface area contributed by atoms with E-state index in [2.05, 4.69) is 52.4 Å². The molecule has 0 aliphatic carbocycles. The number of nitrogens with two attached hydrogens (primary N) is 1. The van der Waals surface area contributed by atoms with Gasteiger partial charge in [0.2, 0.25) is 5.95 Å². The first-order chi connectivity index (χ1) is 15.4. The third kappa shape index (κ3) is 7.62. The largest absolute Gasteiger partial charge is 0.496 e. The van der Waals surface area contributed by atoms with Gasteiger partial charge in [0.05, 0.1) is 13.7 Å². The number of rotatable bonds is 14. The molecular weight excluding hydrogens is 406 g/mol. The van der Waals surface area contributed by atoms with Crippen LogP contribution in [-0.4, -0.2) is 67.0 Å². The minimum atomic E-state index is 0.126. The van der Waals surface area contributed by atoms with Gasteiger partial charge >= 0.3 is 0 Å². The molecule has 0 radical (unpaired) electrons. The van der Waals surface area contributed by atoms with Crippen molar-refractivity contribution in [3.05, 3.63) is 40.6 Å². The van der Waals surface area contributed by atoms with Crippen molar-refractivity contribution in [1.29, 1.82) is 0 Å². The summed E-state index contributed by atoms with van der Waals surface area (Å²) in [7, 11) is 5.48. The van der Waals surface area contributed by atoms with Crippen molar-refractivity contribution in [1.82, 2.24) is 14.9 Å². The van der Waals surface area contributed by atoms with Gasteiger partial charge in [-0.3, -0.25) is 4.90 Å². The number of aliphatic hydroxyl groups excluding tert-OH is 1. The van der Waals surface area contributed by atoms with Gasteiger partial charge in [-0.25, -0.2) is 4.98 Å². The monoisotopic (exact) mass is 445 g/mol. The Labute approximate surface area is 192 Å². The molecule has 1 heterocycles. The van der Waals surface area contributed by atoms with Crippen LogP contribution >= 0.6 is 0 Å². The molecule has 8 heteroatoms. The van der Waals surface area contributed by atoms with E-state index in [0.29, 0.717) is 19.4 Å². The Balaban J connectivity index is 2.29. The van der Waals surface area contributed by atoms with Crippen LogP contribution in [0.4, 0.5) is 11.8 Å². The van der Waals surface area contributed by atoms with Crippen LogP contribution in [0.5, 0.6) is 5.75 Å². The van der Waals surface area contributed by atoms with Gasteiger partial charge < -0.3 is 25.6 Å². The topological polar surface area (TPSA) is 106 Å². The highest BCUT2D eigenvalue weighted by Crippen LogP contribution is 2.28. The first-order valence-corrected chi connectivity index (χ1v) is 11.2. The van der Waals surface area contributed by atoms with E-state index in [1.807, 2.05) is 6.92 Å². The Kier molecular flexibility index (Phi) is 10.7. The van der Waals surface area contributed by atoms with Crippen molar-refractivity contribution in [2.45, 2.75) is 52.1 Å². The number of methoxy groups -OCH3 is 2. The number of ether oxygens (including phenoxy) is 2. The van der Waals surface area contributed by atoms with Gasteiger partial charge in [0.15, 0.2) is 0 Å². The van der Waals surface area contributed by atoms with Crippen molar-refractivity contribution in [3.8, 4) is 5.75 Å². The van der Waals surface area contributed by atoms with E-state index in [0.717, 1.165) is 54.3 Å². The number of aryl methyl sites for hydroxylation is 1. The summed E-state index contributed by atoms with van der Waals surface area (Å²) in [6, 6.07) is 6.46. The van der Waals surface area contributed by atoms with Crippen LogP contribution in [0.3, 0.4) is 0 Å². The number of benzene rings is 1. The van der Waals surface area contributed by atoms with Crippen molar-refractivity contribution in [2.75, 3.05) is 52.1 Å². The van der Waals surface area contributed by atoms with Crippen LogP contribution in [-0.2, 0) is 17.7 Å². The summed E-state index contributed by atoms with van der Waals surface area (Å²) in [5, 5.41) is 12.9. The van der Waals surface area contributed by atoms with E-state index in [9.17, 15) is 5.11 Å². The molecule has 0 fully saturated rings. The SMILES string of the molecule is CCC[C@@H](CCO)Nc1nc(N)nc(C)c1Cc1ccc(CN(C)CCOC)cc1OC. The molecule has 1 aromatic carbocycles. The zero-order chi connectivity index (χ0) is 23.5. The standard InChI is InChI=1S/C24H39N5O3/c1-6-7-20(10-12-30)27-23-21(17(2)26-24(25)28-23)15-19-9-8-18(14-22(19)32-5)16-29(3)11-13-31-4/h8-9,14,20,30H,6-7,10-13,15-16H2,1-5H3,(H3,25,26,27,28)/t20-/m0/s1. The lowest BCUT2D eigenvalue weighted by molar-refractivity contribution is 0.158. The fraction of sp³-hybridized carbons (Fsp3) is 0.583. The summed E-state index contributed by atoms with van der Waals surface area (Å²) in [5.74, 6) is 1.81. The highest BCUT2D eigenvalue weighted by atomic mass is 16.5. The number of hydrogen-bond acceptors (Lipinski definition) is 8. The summed E-state index contributed by atoms with van der Waals surface area (Å²) in [4.78, 5) is 11.1. The van der Waals surface area contributed by atoms with Crippen LogP contribution in [0, 0.1) is 6.92 Å². The Bertz CT molecular complexity index is 841. The van der Waals surface area contributed by atoms with E-state index in [4.69, 9.17) is 15.2 Å². The Morgan fingerprint density at radius 1 is 1.22 bits per heavy atom. The Morgan fingerprint density at radius 2 is 2.00 bits per heavy atom. The predicted octanol–water partition coefficient (Wildman–Crippen LogP) is 3.01. The molecule has 2 aromatic rings. The molecule has 8 nitrogen and oxygen atoms in total. The first-order valence-electron chi connectivity index (χ1n) is 11.2. The van der Waals surface area contributed by atoms with Crippen molar-refractivity contribution >= 4 is 11.8 Å². The van der Waals surface area contributed by atoms with Crippen molar-refractivity contribution < 1.29 is 14.6 Å². The Hall–Kier alpha value is -2.42. The van der Waals surface area contributed by atoms with Gasteiger partial charge in [-0.1, -0.05) is 25.5 Å². The van der Waals surface area contributed by atoms with Gasteiger partial charge in [-0.2, -0.15) is 4.98 Å². The number of aromatic nitrogens is 2. The molecule has 1 aromatic heterocycles. The molecule has 4 N–H and O–H groups in total. The highest BCUT2D eigenvalue weighted by Gasteiger charge is 2.17. The average molecular weight is 446 g/mol. The maximum absolute atomic E-state index is 9.44. The second-order valence-corrected chi connectivity index (χ2v) is 8.19. The normalized spacial score (nSPS) is 12.2. The molecule has 0 saturated heterocycles. The molecule has 0 bridgehead atoms. The smallest absolute Gasteiger partial charge is 0.222 e. The van der Waals surface area contributed by atoms with Crippen LogP contribution in [0.1, 0.15) is 48.6 Å². The predicted molar refractivity (Wildman–Crippen MR) is 129 cm³/mol. The number of aliphatic hydroxyl groups is 1. The van der Waals surface area contributed by atoms with E-state index in [-0.39, 0.29) is 18.6 Å². The third-order valence-electron chi connectivity index (χ3n) is 5.54. The summed E-state index contributed by atoms with van der Waals surface area (Å²) < 4.78 is 10.9. The van der Waals surface area contributed by atoms with E-state index < -0.39 is 0 Å². The van der Waals surface area contributed by atoms with Gasteiger partial charge in [0.25, 0.3) is 0 Å². The van der Waals surface area contributed by atoms with Gasteiger partial charge in [0.1, 0.15) is 11.6 Å². The molecule has 32 heavy (non-hydrogen) atoms. The fourth-order valence-electron chi connectivity index (χ4n) is 3.80. The number of likely N-dealkylation sites (N-methyl/N-ethyl adjacent to an activating group) is 1. The first kappa shape index (κ1) is 25.8. The van der Waals surface area contributed by atoms with E-state index in [1.54, 1.807) is 14.2 Å². The third-order valence-corrected chi connectivity index (χ3v) is 5.54. The lowest BCUT2D eigenvalue weighted by Gasteiger charge is -2.22. The molecular formula is C24H39N5O3. The second-order valence-electron chi connectivity index (χ2n) is 8.19. The second kappa shape index (κ2) is 13.2. The maximum atomic E-state index is 9.44. The molecule has 2 rings (SSSR count). The number of nitrogens with zero attached hydrogens (tertiary/aromatic N) is 3. The quantitative estimate of drug-likeness (QED) is 0.407. The average Bonchev–Trinajstić information content (AvgIpc) is 2.75. The van der Waals surface area contributed by atoms with Crippen LogP contribution in [0.25, 0.3) is 0 Å². The van der Waals surface area contributed by atoms with Gasteiger partial charge in [-0.15, -0.1) is 0 Å². The molecule has 0 unspecified atom stereocenters. The molecule has 0 aliphatic rings. The Morgan fingerprint density at radius 3 is 2.66 bits per heavy atom. The fourth-order valence-corrected chi connectivity index (χ4v) is 3.80. The van der Waals surface area contributed by atoms with Gasteiger partial charge in [0, 0.05) is 50.5 Å². The van der Waals surface area contributed by atoms with Crippen LogP contribution in [0.2, 0.25) is 0 Å². The van der Waals surface area contributed by atoms with Crippen molar-refractivity contribution in [2.24, 2.45) is 0 Å². The minimum absolute atomic E-state index is 0.126. The molecule has 0 saturated carbocycles. The van der Waals surface area contributed by atoms with Crippen molar-refractivity contribution in [3.63, 3.8) is 0 Å². The maximum Gasteiger partial charge on any atom is 0.222 e. The number of anilines is 2. The molecule has 0 amide bonds. The molecule has 178 valence electrons. The summed E-state index contributed by atoms with van der Waals surface area (Å²) >= 11 is 0. The summed E-state index contributed by atoms with van der Waals surface area (Å²) in [5.41, 5.74) is 10.0. The number of hydrogen-bond donors (Lipinski definition) is 3. The minimum Gasteiger partial charge on any atom is -0.496 e. The summed E-state index contributed by atoms with van der Waals surface area (Å²) in [6.45, 7) is 6.59. The highest BCUT2D eigenvalue weighted by molar-refractivity contribution is 5.53. The van der Waals surface area contributed by atoms with Crippen LogP contribution < -0.4 is 15.8 Å². The number of nitrogens with one attached hydrogen (secondary N) is 1. The lowest BCUT2D eigenvalue weighted by Crippen LogP contribution is -2.23. The molecule has 1 atom stereocenters. The van der Waals surface area contributed by atoms with E-state index in [1.165, 1.54) is 5.56 Å². The zero-order valence-corrected chi connectivity index (χ0v) is 20.1. The molecule has 0 spiro atoms. The molecule has 0 aliphatic heterocycles. The van der Waals surface area contributed by atoms with E-state index >= 15 is 0 Å². The van der Waals surface area contributed by atoms with Crippen LogP contribution in [0.15, 0.2) is 18.2 Å². The lowest BCUT2D eigenvalue weighted by atomic mass is 10.0.